The number of nitrogens with one attached hydrogen (secondary N) is 6. The fraction of sp³-hybridized carbons (Fsp3) is 0.871. The van der Waals surface area contributed by atoms with Crippen molar-refractivity contribution < 1.29 is 38.1 Å². The van der Waals surface area contributed by atoms with Crippen molar-refractivity contribution in [3.05, 3.63) is 0 Å². The SMILES string of the molecule is COCCNC(=O)OCCCCCCCCCNC(=O)NCCCNC(=O)NCCCCCCCCCOC(=O)NCCOC. The molecule has 0 bridgehead atoms. The Morgan fingerprint density at radius 1 is 0.356 bits per heavy atom. The minimum Gasteiger partial charge on any atom is -0.450 e. The van der Waals surface area contributed by atoms with Crippen LogP contribution in [0, 0.1) is 0 Å². The number of alkyl carbamates (subject to hydrolysis) is 2. The Labute approximate surface area is 270 Å². The molecule has 14 heteroatoms. The minimum absolute atomic E-state index is 0.180. The molecular formula is C31H62N6O8. The number of amides is 6. The van der Waals surface area contributed by atoms with Crippen LogP contribution in [0.5, 0.6) is 0 Å². The zero-order valence-corrected chi connectivity index (χ0v) is 27.9. The zero-order valence-electron chi connectivity index (χ0n) is 27.9. The highest BCUT2D eigenvalue weighted by Gasteiger charge is 2.03. The third-order valence-electron chi connectivity index (χ3n) is 6.76. The molecule has 6 N–H and O–H groups in total. The van der Waals surface area contributed by atoms with E-state index in [4.69, 9.17) is 18.9 Å². The molecule has 0 unspecified atom stereocenters. The first kappa shape index (κ1) is 42.0. The lowest BCUT2D eigenvalue weighted by Crippen LogP contribution is -2.39. The molecule has 45 heavy (non-hydrogen) atoms. The van der Waals surface area contributed by atoms with E-state index in [0.717, 1.165) is 89.9 Å². The standard InChI is InChI=1S/C31H62N6O8/c1-42-26-22-36-30(40)44-24-15-11-7-3-5-9-13-18-32-28(38)34-20-17-21-35-29(39)33-19-14-10-6-4-8-12-16-25-45-31(41)37-23-27-43-2/h3-27H2,1-2H3,(H,36,40)(H,37,41)(H2,32,34,38)(H2,33,35,39). The molecule has 0 aromatic heterocycles. The number of urea groups is 2. The van der Waals surface area contributed by atoms with Gasteiger partial charge in [-0.3, -0.25) is 0 Å². The number of unbranched alkanes of at least 4 members (excludes halogenated alkanes) is 12. The Morgan fingerprint density at radius 2 is 0.667 bits per heavy atom. The second kappa shape index (κ2) is 33.9. The van der Waals surface area contributed by atoms with E-state index in [0.29, 0.717) is 72.1 Å². The average Bonchev–Trinajstić information content (AvgIpc) is 3.02. The van der Waals surface area contributed by atoms with E-state index < -0.39 is 12.2 Å². The third-order valence-corrected chi connectivity index (χ3v) is 6.76. The second-order valence-electron chi connectivity index (χ2n) is 10.8. The first-order valence-electron chi connectivity index (χ1n) is 16.8. The van der Waals surface area contributed by atoms with Crippen molar-refractivity contribution in [2.24, 2.45) is 0 Å². The molecule has 0 aliphatic rings. The van der Waals surface area contributed by atoms with Gasteiger partial charge in [-0.05, 0) is 32.1 Å². The van der Waals surface area contributed by atoms with Gasteiger partial charge in [0.25, 0.3) is 0 Å². The Hall–Kier alpha value is -3.00. The van der Waals surface area contributed by atoms with E-state index in [9.17, 15) is 19.2 Å². The molecule has 14 nitrogen and oxygen atoms in total. The quantitative estimate of drug-likeness (QED) is 0.0630. The molecule has 0 aromatic rings. The van der Waals surface area contributed by atoms with E-state index in [1.165, 1.54) is 0 Å². The highest BCUT2D eigenvalue weighted by molar-refractivity contribution is 5.74. The number of hydrogen-bond acceptors (Lipinski definition) is 8. The molecular weight excluding hydrogens is 584 g/mol. The molecule has 264 valence electrons. The number of carbonyl (C=O) groups excluding carboxylic acids is 4. The van der Waals surface area contributed by atoms with Crippen LogP contribution < -0.4 is 31.9 Å². The summed E-state index contributed by atoms with van der Waals surface area (Å²) >= 11 is 0. The number of hydrogen-bond donors (Lipinski definition) is 6. The lowest BCUT2D eigenvalue weighted by Gasteiger charge is -2.09. The van der Waals surface area contributed by atoms with Crippen LogP contribution in [0.3, 0.4) is 0 Å². The van der Waals surface area contributed by atoms with Crippen molar-refractivity contribution in [3.63, 3.8) is 0 Å². The predicted octanol–water partition coefficient (Wildman–Crippen LogP) is 4.18. The maximum absolute atomic E-state index is 11.9. The Balaban J connectivity index is 3.34. The van der Waals surface area contributed by atoms with E-state index in [2.05, 4.69) is 31.9 Å². The molecule has 0 rings (SSSR count). The number of ether oxygens (including phenoxy) is 4. The molecule has 0 aliphatic heterocycles. The third kappa shape index (κ3) is 33.7. The summed E-state index contributed by atoms with van der Waals surface area (Å²) in [4.78, 5) is 46.5. The van der Waals surface area contributed by atoms with Crippen LogP contribution >= 0.6 is 0 Å². The van der Waals surface area contributed by atoms with E-state index >= 15 is 0 Å². The van der Waals surface area contributed by atoms with Crippen LogP contribution in [0.25, 0.3) is 0 Å². The molecule has 0 heterocycles. The van der Waals surface area contributed by atoms with Crippen LogP contribution in [-0.2, 0) is 18.9 Å². The molecule has 0 radical (unpaired) electrons. The second-order valence-corrected chi connectivity index (χ2v) is 10.8. The van der Waals surface area contributed by atoms with Gasteiger partial charge in [-0.15, -0.1) is 0 Å². The lowest BCUT2D eigenvalue weighted by atomic mass is 10.1. The van der Waals surface area contributed by atoms with Crippen LogP contribution in [0.15, 0.2) is 0 Å². The molecule has 0 fully saturated rings. The van der Waals surface area contributed by atoms with Gasteiger partial charge in [0.15, 0.2) is 0 Å². The average molecular weight is 647 g/mol. The first-order valence-corrected chi connectivity index (χ1v) is 16.8. The van der Waals surface area contributed by atoms with E-state index in [1.54, 1.807) is 14.2 Å². The zero-order chi connectivity index (χ0) is 33.1. The van der Waals surface area contributed by atoms with Gasteiger partial charge in [0, 0.05) is 53.5 Å². The topological polar surface area (TPSA) is 177 Å². The molecule has 0 aliphatic carbocycles. The summed E-state index contributed by atoms with van der Waals surface area (Å²) in [6.07, 6.45) is 14.4. The van der Waals surface area contributed by atoms with Crippen molar-refractivity contribution in [3.8, 4) is 0 Å². The first-order chi connectivity index (χ1) is 22.0. The predicted molar refractivity (Wildman–Crippen MR) is 175 cm³/mol. The van der Waals surface area contributed by atoms with Gasteiger partial charge in [0.1, 0.15) is 0 Å². The van der Waals surface area contributed by atoms with Crippen molar-refractivity contribution >= 4 is 24.2 Å². The van der Waals surface area contributed by atoms with Gasteiger partial charge in [0.05, 0.1) is 26.4 Å². The fourth-order valence-corrected chi connectivity index (χ4v) is 4.19. The van der Waals surface area contributed by atoms with Crippen molar-refractivity contribution in [1.29, 1.82) is 0 Å². The Bertz CT molecular complexity index is 674. The van der Waals surface area contributed by atoms with E-state index in [1.807, 2.05) is 0 Å². The van der Waals surface area contributed by atoms with Crippen molar-refractivity contribution in [2.75, 3.05) is 79.9 Å². The molecule has 6 amide bonds. The van der Waals surface area contributed by atoms with Gasteiger partial charge in [0.2, 0.25) is 0 Å². The normalized spacial score (nSPS) is 10.5. The molecule has 0 saturated heterocycles. The van der Waals surface area contributed by atoms with Crippen LogP contribution in [0.4, 0.5) is 19.2 Å². The smallest absolute Gasteiger partial charge is 0.407 e. The van der Waals surface area contributed by atoms with E-state index in [-0.39, 0.29) is 12.1 Å². The summed E-state index contributed by atoms with van der Waals surface area (Å²) in [5.41, 5.74) is 0. The number of carbonyl (C=O) groups is 4. The molecule has 0 atom stereocenters. The lowest BCUT2D eigenvalue weighted by molar-refractivity contribution is 0.136. The summed E-state index contributed by atoms with van der Waals surface area (Å²) in [6.45, 7) is 5.00. The van der Waals surface area contributed by atoms with Crippen LogP contribution in [-0.4, -0.2) is 104 Å². The van der Waals surface area contributed by atoms with Crippen molar-refractivity contribution in [2.45, 2.75) is 96.3 Å². The number of rotatable bonds is 30. The van der Waals surface area contributed by atoms with Crippen LogP contribution in [0.2, 0.25) is 0 Å². The maximum atomic E-state index is 11.9. The van der Waals surface area contributed by atoms with Gasteiger partial charge < -0.3 is 50.8 Å². The van der Waals surface area contributed by atoms with Gasteiger partial charge in [-0.1, -0.05) is 64.2 Å². The Kier molecular flexibility index (Phi) is 31.6. The monoisotopic (exact) mass is 646 g/mol. The van der Waals surface area contributed by atoms with Gasteiger partial charge in [-0.2, -0.15) is 0 Å². The summed E-state index contributed by atoms with van der Waals surface area (Å²) in [6, 6.07) is -0.361. The molecule has 0 spiro atoms. The highest BCUT2D eigenvalue weighted by atomic mass is 16.6. The number of methoxy groups -OCH3 is 2. The highest BCUT2D eigenvalue weighted by Crippen LogP contribution is 2.08. The van der Waals surface area contributed by atoms with Crippen LogP contribution in [0.1, 0.15) is 96.3 Å². The molecule has 0 saturated carbocycles. The summed E-state index contributed by atoms with van der Waals surface area (Å²) in [5.74, 6) is 0. The van der Waals surface area contributed by atoms with Crippen molar-refractivity contribution in [1.82, 2.24) is 31.9 Å². The molecule has 0 aromatic carbocycles. The summed E-state index contributed by atoms with van der Waals surface area (Å²) < 4.78 is 19.9. The Morgan fingerprint density at radius 3 is 1.02 bits per heavy atom. The summed E-state index contributed by atoms with van der Waals surface area (Å²) in [5, 5.41) is 16.6. The minimum atomic E-state index is -0.396. The summed E-state index contributed by atoms with van der Waals surface area (Å²) in [7, 11) is 3.17. The maximum Gasteiger partial charge on any atom is 0.407 e. The largest absolute Gasteiger partial charge is 0.450 e. The fourth-order valence-electron chi connectivity index (χ4n) is 4.19. The van der Waals surface area contributed by atoms with Gasteiger partial charge in [-0.25, -0.2) is 19.2 Å². The van der Waals surface area contributed by atoms with Gasteiger partial charge >= 0.3 is 24.2 Å².